The van der Waals surface area contributed by atoms with Crippen molar-refractivity contribution < 1.29 is 9.53 Å². The molecule has 0 bridgehead atoms. The highest BCUT2D eigenvalue weighted by molar-refractivity contribution is 5.78. The van der Waals surface area contributed by atoms with Gasteiger partial charge in [-0.2, -0.15) is 0 Å². The van der Waals surface area contributed by atoms with Crippen LogP contribution in [0.1, 0.15) is 26.2 Å². The third-order valence-electron chi connectivity index (χ3n) is 2.60. The fourth-order valence-electron chi connectivity index (χ4n) is 1.66. The van der Waals surface area contributed by atoms with E-state index in [2.05, 4.69) is 17.6 Å². The number of hydrogen-bond donors (Lipinski definition) is 2. The molecular formula is C10H20N2O2. The van der Waals surface area contributed by atoms with Gasteiger partial charge >= 0.3 is 0 Å². The van der Waals surface area contributed by atoms with Crippen LogP contribution >= 0.6 is 0 Å². The van der Waals surface area contributed by atoms with Gasteiger partial charge in [0, 0.05) is 32.2 Å². The normalized spacial score (nSPS) is 23.6. The average Bonchev–Trinajstić information content (AvgIpc) is 2.59. The highest BCUT2D eigenvalue weighted by atomic mass is 16.5. The maximum atomic E-state index is 10.9. The van der Waals surface area contributed by atoms with E-state index in [1.165, 1.54) is 0 Å². The van der Waals surface area contributed by atoms with E-state index in [4.69, 9.17) is 4.74 Å². The second kappa shape index (κ2) is 5.98. The van der Waals surface area contributed by atoms with Crippen LogP contribution in [0.5, 0.6) is 0 Å². The Balaban J connectivity index is 2.15. The monoisotopic (exact) mass is 200 g/mol. The van der Waals surface area contributed by atoms with Crippen molar-refractivity contribution in [2.45, 2.75) is 38.3 Å². The van der Waals surface area contributed by atoms with E-state index in [1.54, 1.807) is 7.11 Å². The minimum absolute atomic E-state index is 0.177. The first-order valence-corrected chi connectivity index (χ1v) is 5.28. The van der Waals surface area contributed by atoms with Gasteiger partial charge in [-0.1, -0.05) is 6.92 Å². The summed E-state index contributed by atoms with van der Waals surface area (Å²) >= 11 is 0. The second-order valence-electron chi connectivity index (χ2n) is 3.77. The third kappa shape index (κ3) is 3.64. The Morgan fingerprint density at radius 3 is 3.00 bits per heavy atom. The van der Waals surface area contributed by atoms with Crippen molar-refractivity contribution in [3.63, 3.8) is 0 Å². The van der Waals surface area contributed by atoms with Crippen LogP contribution in [-0.4, -0.2) is 38.3 Å². The average molecular weight is 200 g/mol. The molecule has 0 saturated carbocycles. The van der Waals surface area contributed by atoms with E-state index < -0.39 is 0 Å². The molecule has 4 nitrogen and oxygen atoms in total. The summed E-state index contributed by atoms with van der Waals surface area (Å²) in [6, 6.07) is 0.714. The van der Waals surface area contributed by atoms with Crippen LogP contribution in [0.3, 0.4) is 0 Å². The maximum absolute atomic E-state index is 10.9. The number of methoxy groups -OCH3 is 1. The largest absolute Gasteiger partial charge is 0.383 e. The lowest BCUT2D eigenvalue weighted by Gasteiger charge is -2.18. The number of ether oxygens (including phenoxy) is 1. The smallest absolute Gasteiger partial charge is 0.220 e. The van der Waals surface area contributed by atoms with Crippen molar-refractivity contribution in [2.24, 2.45) is 0 Å². The van der Waals surface area contributed by atoms with E-state index in [0.717, 1.165) is 26.0 Å². The second-order valence-corrected chi connectivity index (χ2v) is 3.77. The summed E-state index contributed by atoms with van der Waals surface area (Å²) in [5.74, 6) is 0.177. The first-order valence-electron chi connectivity index (χ1n) is 5.28. The maximum Gasteiger partial charge on any atom is 0.220 e. The number of hydrogen-bond acceptors (Lipinski definition) is 3. The van der Waals surface area contributed by atoms with Crippen molar-refractivity contribution in [2.75, 3.05) is 20.3 Å². The van der Waals surface area contributed by atoms with Gasteiger partial charge in [0.15, 0.2) is 0 Å². The Kier molecular flexibility index (Phi) is 4.90. The molecular weight excluding hydrogens is 180 g/mol. The zero-order valence-corrected chi connectivity index (χ0v) is 9.01. The molecule has 1 aliphatic heterocycles. The quantitative estimate of drug-likeness (QED) is 0.647. The molecule has 0 aliphatic carbocycles. The Morgan fingerprint density at radius 2 is 2.50 bits per heavy atom. The topological polar surface area (TPSA) is 50.4 Å². The summed E-state index contributed by atoms with van der Waals surface area (Å²) in [7, 11) is 1.71. The number of amides is 1. The Hall–Kier alpha value is -0.610. The van der Waals surface area contributed by atoms with Gasteiger partial charge in [-0.25, -0.2) is 0 Å². The van der Waals surface area contributed by atoms with Crippen LogP contribution in [0.2, 0.25) is 0 Å². The molecule has 1 aliphatic rings. The van der Waals surface area contributed by atoms with E-state index >= 15 is 0 Å². The minimum atomic E-state index is 0.177. The number of rotatable bonds is 6. The van der Waals surface area contributed by atoms with E-state index in [9.17, 15) is 4.79 Å². The van der Waals surface area contributed by atoms with Crippen LogP contribution in [0.25, 0.3) is 0 Å². The molecule has 2 unspecified atom stereocenters. The van der Waals surface area contributed by atoms with E-state index in [1.807, 2.05) is 0 Å². The summed E-state index contributed by atoms with van der Waals surface area (Å²) in [5, 5.41) is 6.33. The van der Waals surface area contributed by atoms with Crippen molar-refractivity contribution in [3.05, 3.63) is 0 Å². The lowest BCUT2D eigenvalue weighted by molar-refractivity contribution is -0.119. The molecule has 1 heterocycles. The predicted molar refractivity (Wildman–Crippen MR) is 55.1 cm³/mol. The van der Waals surface area contributed by atoms with E-state index in [0.29, 0.717) is 18.5 Å². The lowest BCUT2D eigenvalue weighted by atomic mass is 10.2. The van der Waals surface area contributed by atoms with Crippen LogP contribution in [0.15, 0.2) is 0 Å². The van der Waals surface area contributed by atoms with Crippen LogP contribution in [-0.2, 0) is 9.53 Å². The van der Waals surface area contributed by atoms with Crippen LogP contribution in [0.4, 0.5) is 0 Å². The van der Waals surface area contributed by atoms with Gasteiger partial charge in [0.1, 0.15) is 0 Å². The molecule has 1 fully saturated rings. The number of nitrogens with one attached hydrogen (secondary N) is 2. The first kappa shape index (κ1) is 11.5. The molecule has 1 rings (SSSR count). The Labute approximate surface area is 85.4 Å². The van der Waals surface area contributed by atoms with Gasteiger partial charge in [0.05, 0.1) is 6.61 Å². The van der Waals surface area contributed by atoms with Crippen molar-refractivity contribution in [3.8, 4) is 0 Å². The summed E-state index contributed by atoms with van der Waals surface area (Å²) < 4.78 is 5.08. The van der Waals surface area contributed by atoms with Gasteiger partial charge in [-0.05, 0) is 12.8 Å². The molecule has 0 radical (unpaired) electrons. The highest BCUT2D eigenvalue weighted by Gasteiger charge is 2.20. The van der Waals surface area contributed by atoms with Gasteiger partial charge in [0.2, 0.25) is 5.91 Å². The summed E-state index contributed by atoms with van der Waals surface area (Å²) in [5.41, 5.74) is 0. The summed E-state index contributed by atoms with van der Waals surface area (Å²) in [6.07, 6.45) is 2.68. The number of carbonyl (C=O) groups is 1. The standard InChI is InChI=1S/C10H20N2O2/c1-3-8(7-14-2)11-6-9-4-5-10(13)12-9/h8-9,11H,3-7H2,1-2H3,(H,12,13). The van der Waals surface area contributed by atoms with Crippen molar-refractivity contribution in [1.29, 1.82) is 0 Å². The minimum Gasteiger partial charge on any atom is -0.383 e. The molecule has 0 aromatic heterocycles. The van der Waals surface area contributed by atoms with Crippen molar-refractivity contribution >= 4 is 5.91 Å². The fourth-order valence-corrected chi connectivity index (χ4v) is 1.66. The zero-order chi connectivity index (χ0) is 10.4. The highest BCUT2D eigenvalue weighted by Crippen LogP contribution is 2.05. The molecule has 14 heavy (non-hydrogen) atoms. The molecule has 0 aromatic rings. The molecule has 1 saturated heterocycles. The van der Waals surface area contributed by atoms with Gasteiger partial charge in [-0.3, -0.25) is 4.79 Å². The molecule has 2 atom stereocenters. The molecule has 4 heteroatoms. The Morgan fingerprint density at radius 1 is 1.71 bits per heavy atom. The van der Waals surface area contributed by atoms with Crippen molar-refractivity contribution in [1.82, 2.24) is 10.6 Å². The molecule has 0 spiro atoms. The van der Waals surface area contributed by atoms with Crippen LogP contribution in [0, 0.1) is 0 Å². The van der Waals surface area contributed by atoms with Gasteiger partial charge in [-0.15, -0.1) is 0 Å². The lowest BCUT2D eigenvalue weighted by Crippen LogP contribution is -2.42. The SMILES string of the molecule is CCC(COC)NCC1CCC(=O)N1. The molecule has 2 N–H and O–H groups in total. The summed E-state index contributed by atoms with van der Waals surface area (Å²) in [4.78, 5) is 10.9. The predicted octanol–water partition coefficient (Wildman–Crippen LogP) is 0.280. The molecule has 0 aromatic carbocycles. The Bertz CT molecular complexity index is 185. The van der Waals surface area contributed by atoms with E-state index in [-0.39, 0.29) is 5.91 Å². The fraction of sp³-hybridized carbons (Fsp3) is 0.900. The van der Waals surface area contributed by atoms with Gasteiger partial charge < -0.3 is 15.4 Å². The number of carbonyl (C=O) groups excluding carboxylic acids is 1. The third-order valence-corrected chi connectivity index (χ3v) is 2.60. The van der Waals surface area contributed by atoms with Gasteiger partial charge in [0.25, 0.3) is 0 Å². The zero-order valence-electron chi connectivity index (χ0n) is 9.01. The first-order chi connectivity index (χ1) is 6.76. The molecule has 1 amide bonds. The molecule has 82 valence electrons. The summed E-state index contributed by atoms with van der Waals surface area (Å²) in [6.45, 7) is 3.72. The van der Waals surface area contributed by atoms with Crippen LogP contribution < -0.4 is 10.6 Å².